The van der Waals surface area contributed by atoms with Gasteiger partial charge in [-0.05, 0) is 18.5 Å². The Bertz CT molecular complexity index is 446. The van der Waals surface area contributed by atoms with Gasteiger partial charge in [0.05, 0.1) is 12.5 Å². The molecule has 0 aromatic heterocycles. The van der Waals surface area contributed by atoms with Gasteiger partial charge in [0.1, 0.15) is 0 Å². The van der Waals surface area contributed by atoms with Gasteiger partial charge in [0.15, 0.2) is 0 Å². The lowest BCUT2D eigenvalue weighted by molar-refractivity contribution is -0.137. The zero-order chi connectivity index (χ0) is 15.7. The largest absolute Gasteiger partial charge is 0.481 e. The van der Waals surface area contributed by atoms with E-state index in [0.29, 0.717) is 12.5 Å². The molecular formula is C16H24N2O3. The van der Waals surface area contributed by atoms with Crippen LogP contribution in [0.5, 0.6) is 0 Å². The highest BCUT2D eigenvalue weighted by molar-refractivity contribution is 5.77. The van der Waals surface area contributed by atoms with Crippen LogP contribution in [-0.4, -0.2) is 29.6 Å². The highest BCUT2D eigenvalue weighted by Gasteiger charge is 2.17. The second-order valence-corrected chi connectivity index (χ2v) is 5.34. The van der Waals surface area contributed by atoms with Crippen molar-refractivity contribution in [1.29, 1.82) is 0 Å². The molecule has 0 aliphatic heterocycles. The maximum absolute atomic E-state index is 11.9. The third-order valence-corrected chi connectivity index (χ3v) is 3.05. The number of amides is 1. The number of hydrogen-bond donors (Lipinski definition) is 3. The van der Waals surface area contributed by atoms with Crippen molar-refractivity contribution in [2.75, 3.05) is 6.54 Å². The lowest BCUT2D eigenvalue weighted by Crippen LogP contribution is -2.31. The van der Waals surface area contributed by atoms with Crippen LogP contribution in [0, 0.1) is 0 Å². The molecule has 0 spiro atoms. The molecule has 5 heteroatoms. The van der Waals surface area contributed by atoms with E-state index in [1.165, 1.54) is 0 Å². The Labute approximate surface area is 125 Å². The van der Waals surface area contributed by atoms with Gasteiger partial charge in [-0.2, -0.15) is 0 Å². The third-order valence-electron chi connectivity index (χ3n) is 3.05. The van der Waals surface area contributed by atoms with Gasteiger partial charge in [0.2, 0.25) is 5.91 Å². The Morgan fingerprint density at radius 2 is 1.86 bits per heavy atom. The summed E-state index contributed by atoms with van der Waals surface area (Å²) in [7, 11) is 0. The van der Waals surface area contributed by atoms with Crippen molar-refractivity contribution < 1.29 is 14.7 Å². The average molecular weight is 292 g/mol. The molecule has 1 amide bonds. The van der Waals surface area contributed by atoms with Gasteiger partial charge in [-0.25, -0.2) is 0 Å². The molecule has 1 aromatic rings. The van der Waals surface area contributed by atoms with E-state index in [4.69, 9.17) is 5.11 Å². The van der Waals surface area contributed by atoms with Crippen LogP contribution in [0.4, 0.5) is 0 Å². The van der Waals surface area contributed by atoms with Gasteiger partial charge in [0, 0.05) is 12.5 Å². The summed E-state index contributed by atoms with van der Waals surface area (Å²) in [6, 6.07) is 9.11. The fourth-order valence-electron chi connectivity index (χ4n) is 2.02. The molecule has 1 rings (SSSR count). The average Bonchev–Trinajstić information content (AvgIpc) is 2.43. The highest BCUT2D eigenvalue weighted by atomic mass is 16.4. The van der Waals surface area contributed by atoms with Gasteiger partial charge in [-0.1, -0.05) is 44.2 Å². The number of benzene rings is 1. The second-order valence-electron chi connectivity index (χ2n) is 5.34. The van der Waals surface area contributed by atoms with E-state index in [-0.39, 0.29) is 12.3 Å². The van der Waals surface area contributed by atoms with E-state index in [2.05, 4.69) is 24.5 Å². The minimum atomic E-state index is -0.925. The molecule has 3 N–H and O–H groups in total. The Hall–Kier alpha value is -1.88. The van der Waals surface area contributed by atoms with Crippen molar-refractivity contribution in [2.24, 2.45) is 0 Å². The zero-order valence-corrected chi connectivity index (χ0v) is 12.6. The van der Waals surface area contributed by atoms with E-state index in [0.717, 1.165) is 18.5 Å². The minimum absolute atomic E-state index is 0.111. The van der Waals surface area contributed by atoms with Crippen LogP contribution in [-0.2, 0) is 9.59 Å². The van der Waals surface area contributed by atoms with Crippen LogP contribution in [0.3, 0.4) is 0 Å². The van der Waals surface area contributed by atoms with Gasteiger partial charge in [0.25, 0.3) is 0 Å². The first kappa shape index (κ1) is 17.2. The summed E-state index contributed by atoms with van der Waals surface area (Å²) in [4.78, 5) is 22.9. The third kappa shape index (κ3) is 7.46. The first-order valence-corrected chi connectivity index (χ1v) is 7.28. The fourth-order valence-corrected chi connectivity index (χ4v) is 2.02. The van der Waals surface area contributed by atoms with E-state index in [9.17, 15) is 9.59 Å². The van der Waals surface area contributed by atoms with Crippen molar-refractivity contribution in [1.82, 2.24) is 10.6 Å². The quantitative estimate of drug-likeness (QED) is 0.609. The first-order valence-electron chi connectivity index (χ1n) is 7.28. The summed E-state index contributed by atoms with van der Waals surface area (Å²) < 4.78 is 0. The van der Waals surface area contributed by atoms with Crippen LogP contribution in [0.2, 0.25) is 0 Å². The number of carboxylic acids is 1. The lowest BCUT2D eigenvalue weighted by Gasteiger charge is -2.17. The normalized spacial score (nSPS) is 12.1. The molecule has 0 heterocycles. The molecular weight excluding hydrogens is 268 g/mol. The Balaban J connectivity index is 2.49. The summed E-state index contributed by atoms with van der Waals surface area (Å²) >= 11 is 0. The molecule has 0 fully saturated rings. The van der Waals surface area contributed by atoms with Crippen LogP contribution >= 0.6 is 0 Å². The van der Waals surface area contributed by atoms with Crippen molar-refractivity contribution in [3.63, 3.8) is 0 Å². The fraction of sp³-hybridized carbons (Fsp3) is 0.500. The molecule has 1 aromatic carbocycles. The lowest BCUT2D eigenvalue weighted by atomic mass is 10.0. The van der Waals surface area contributed by atoms with Crippen molar-refractivity contribution in [3.05, 3.63) is 35.9 Å². The zero-order valence-electron chi connectivity index (χ0n) is 12.6. The molecule has 0 bridgehead atoms. The molecule has 0 saturated carbocycles. The molecule has 1 unspecified atom stereocenters. The van der Waals surface area contributed by atoms with E-state index in [1.807, 2.05) is 30.3 Å². The molecule has 0 radical (unpaired) electrons. The Morgan fingerprint density at radius 3 is 2.43 bits per heavy atom. The van der Waals surface area contributed by atoms with Crippen molar-refractivity contribution >= 4 is 11.9 Å². The summed E-state index contributed by atoms with van der Waals surface area (Å²) in [5.41, 5.74) is 0.813. The maximum Gasteiger partial charge on any atom is 0.305 e. The van der Waals surface area contributed by atoms with Crippen molar-refractivity contribution in [3.8, 4) is 0 Å². The van der Waals surface area contributed by atoms with Crippen LogP contribution in [0.1, 0.15) is 44.7 Å². The second kappa shape index (κ2) is 9.13. The van der Waals surface area contributed by atoms with Crippen LogP contribution < -0.4 is 10.6 Å². The molecule has 116 valence electrons. The molecule has 0 aliphatic rings. The Morgan fingerprint density at radius 1 is 1.19 bits per heavy atom. The predicted octanol–water partition coefficient (Wildman–Crippen LogP) is 2.10. The summed E-state index contributed by atoms with van der Waals surface area (Å²) in [6.45, 7) is 4.89. The van der Waals surface area contributed by atoms with Crippen molar-refractivity contribution in [2.45, 2.75) is 45.2 Å². The van der Waals surface area contributed by atoms with E-state index >= 15 is 0 Å². The van der Waals surface area contributed by atoms with Gasteiger partial charge >= 0.3 is 5.97 Å². The molecule has 5 nitrogen and oxygen atoms in total. The summed E-state index contributed by atoms with van der Waals surface area (Å²) in [5.74, 6) is -1.04. The van der Waals surface area contributed by atoms with E-state index < -0.39 is 12.0 Å². The highest BCUT2D eigenvalue weighted by Crippen LogP contribution is 2.16. The first-order chi connectivity index (χ1) is 9.99. The molecule has 1 atom stereocenters. The topological polar surface area (TPSA) is 78.4 Å². The molecule has 0 aliphatic carbocycles. The standard InChI is InChI=1S/C16H24N2O3/c1-12(2)17-10-6-9-15(19)18-14(11-16(20)21)13-7-4-3-5-8-13/h3-5,7-8,12,14,17H,6,9-11H2,1-2H3,(H,18,19)(H,20,21). The maximum atomic E-state index is 11.9. The molecule has 21 heavy (non-hydrogen) atoms. The number of hydrogen-bond acceptors (Lipinski definition) is 3. The SMILES string of the molecule is CC(C)NCCCC(=O)NC(CC(=O)O)c1ccccc1. The number of carbonyl (C=O) groups excluding carboxylic acids is 1. The van der Waals surface area contributed by atoms with Crippen LogP contribution in [0.25, 0.3) is 0 Å². The number of nitrogens with one attached hydrogen (secondary N) is 2. The van der Waals surface area contributed by atoms with Crippen LogP contribution in [0.15, 0.2) is 30.3 Å². The predicted molar refractivity (Wildman–Crippen MR) is 82.0 cm³/mol. The summed E-state index contributed by atoms with van der Waals surface area (Å²) in [6.07, 6.45) is 1.02. The number of rotatable bonds is 9. The molecule has 0 saturated heterocycles. The number of aliphatic carboxylic acids is 1. The monoisotopic (exact) mass is 292 g/mol. The number of carbonyl (C=O) groups is 2. The van der Waals surface area contributed by atoms with Gasteiger partial charge < -0.3 is 15.7 Å². The minimum Gasteiger partial charge on any atom is -0.481 e. The smallest absolute Gasteiger partial charge is 0.305 e. The van der Waals surface area contributed by atoms with Gasteiger partial charge in [-0.3, -0.25) is 9.59 Å². The Kier molecular flexibility index (Phi) is 7.46. The van der Waals surface area contributed by atoms with E-state index in [1.54, 1.807) is 0 Å². The van der Waals surface area contributed by atoms with Gasteiger partial charge in [-0.15, -0.1) is 0 Å². The number of carboxylic acid groups (broad SMARTS) is 1. The summed E-state index contributed by atoms with van der Waals surface area (Å²) in [5, 5.41) is 15.0.